The van der Waals surface area contributed by atoms with Crippen molar-refractivity contribution in [1.29, 1.82) is 0 Å². The quantitative estimate of drug-likeness (QED) is 0.666. The molecule has 0 aromatic heterocycles. The van der Waals surface area contributed by atoms with Crippen molar-refractivity contribution in [2.24, 2.45) is 0 Å². The summed E-state index contributed by atoms with van der Waals surface area (Å²) in [4.78, 5) is 22.0. The number of aliphatic carboxylic acids is 1. The zero-order chi connectivity index (χ0) is 13.9. The number of carboxylic acid groups (broad SMARTS) is 1. The van der Waals surface area contributed by atoms with E-state index in [0.29, 0.717) is 5.56 Å². The third-order valence-electron chi connectivity index (χ3n) is 2.56. The highest BCUT2D eigenvalue weighted by Gasteiger charge is 2.26. The van der Waals surface area contributed by atoms with E-state index < -0.39 is 24.1 Å². The molecule has 18 heavy (non-hydrogen) atoms. The zero-order valence-corrected chi connectivity index (χ0v) is 9.95. The summed E-state index contributed by atoms with van der Waals surface area (Å²) in [7, 11) is 1.22. The van der Waals surface area contributed by atoms with Crippen LogP contribution in [0.5, 0.6) is 0 Å². The molecule has 0 saturated heterocycles. The number of benzene rings is 1. The zero-order valence-electron chi connectivity index (χ0n) is 9.95. The van der Waals surface area contributed by atoms with E-state index >= 15 is 0 Å². The molecular formula is C12H14O6. The molecule has 0 bridgehead atoms. The van der Waals surface area contributed by atoms with Crippen LogP contribution in [0.25, 0.3) is 0 Å². The summed E-state index contributed by atoms with van der Waals surface area (Å²) in [6.45, 7) is 1.68. The van der Waals surface area contributed by atoms with Crippen molar-refractivity contribution in [2.75, 3.05) is 7.11 Å². The van der Waals surface area contributed by atoms with Gasteiger partial charge in [0.25, 0.3) is 0 Å². The molecule has 3 N–H and O–H groups in total. The fourth-order valence-corrected chi connectivity index (χ4v) is 1.47. The molecule has 0 aliphatic carbocycles. The first-order valence-corrected chi connectivity index (χ1v) is 5.16. The largest absolute Gasteiger partial charge is 0.479 e. The molecule has 0 amide bonds. The molecule has 0 aliphatic rings. The fraction of sp³-hybridized carbons (Fsp3) is 0.333. The van der Waals surface area contributed by atoms with Crippen LogP contribution in [0.4, 0.5) is 0 Å². The number of rotatable bonds is 4. The Hall–Kier alpha value is -1.92. The summed E-state index contributed by atoms with van der Waals surface area (Å²) in [6.07, 6.45) is -3.55. The lowest BCUT2D eigenvalue weighted by atomic mass is 9.99. The van der Waals surface area contributed by atoms with Gasteiger partial charge in [-0.05, 0) is 24.1 Å². The lowest BCUT2D eigenvalue weighted by molar-refractivity contribution is -0.153. The molecule has 98 valence electrons. The first kappa shape index (κ1) is 14.1. The molecule has 1 rings (SSSR count). The Morgan fingerprint density at radius 1 is 1.28 bits per heavy atom. The van der Waals surface area contributed by atoms with Crippen LogP contribution in [0.15, 0.2) is 18.2 Å². The van der Waals surface area contributed by atoms with Gasteiger partial charge in [-0.1, -0.05) is 12.1 Å². The van der Waals surface area contributed by atoms with E-state index in [1.807, 2.05) is 0 Å². The minimum Gasteiger partial charge on any atom is -0.479 e. The number of carbonyl (C=O) groups excluding carboxylic acids is 1. The SMILES string of the molecule is COC(=O)c1cc(C(O)C(O)C(=O)O)ccc1C. The number of hydrogen-bond donors (Lipinski definition) is 3. The van der Waals surface area contributed by atoms with Crippen LogP contribution in [-0.4, -0.2) is 40.5 Å². The fourth-order valence-electron chi connectivity index (χ4n) is 1.47. The van der Waals surface area contributed by atoms with Crippen LogP contribution in [0.2, 0.25) is 0 Å². The topological polar surface area (TPSA) is 104 Å². The second kappa shape index (κ2) is 5.61. The van der Waals surface area contributed by atoms with Crippen molar-refractivity contribution in [3.63, 3.8) is 0 Å². The van der Waals surface area contributed by atoms with Gasteiger partial charge in [0.05, 0.1) is 12.7 Å². The first-order valence-electron chi connectivity index (χ1n) is 5.16. The van der Waals surface area contributed by atoms with E-state index in [9.17, 15) is 19.8 Å². The van der Waals surface area contributed by atoms with Gasteiger partial charge in [0.15, 0.2) is 6.10 Å². The maximum atomic E-state index is 11.4. The Balaban J connectivity index is 3.12. The lowest BCUT2D eigenvalue weighted by Crippen LogP contribution is -2.27. The molecular weight excluding hydrogens is 240 g/mol. The first-order chi connectivity index (χ1) is 8.38. The highest BCUT2D eigenvalue weighted by Crippen LogP contribution is 2.21. The van der Waals surface area contributed by atoms with Gasteiger partial charge < -0.3 is 20.1 Å². The average molecular weight is 254 g/mol. The van der Waals surface area contributed by atoms with Gasteiger partial charge in [0.1, 0.15) is 6.10 Å². The molecule has 0 fully saturated rings. The van der Waals surface area contributed by atoms with Crippen LogP contribution in [0.1, 0.15) is 27.6 Å². The Morgan fingerprint density at radius 3 is 2.39 bits per heavy atom. The lowest BCUT2D eigenvalue weighted by Gasteiger charge is -2.15. The second-order valence-corrected chi connectivity index (χ2v) is 3.79. The van der Waals surface area contributed by atoms with Gasteiger partial charge in [-0.25, -0.2) is 9.59 Å². The number of esters is 1. The Labute approximate surface area is 103 Å². The molecule has 0 saturated carbocycles. The van der Waals surface area contributed by atoms with Crippen LogP contribution >= 0.6 is 0 Å². The number of aryl methyl sites for hydroxylation is 1. The predicted octanol–water partition coefficient (Wildman–Crippen LogP) is 0.261. The Kier molecular flexibility index (Phi) is 4.41. The highest BCUT2D eigenvalue weighted by atomic mass is 16.5. The molecule has 6 nitrogen and oxygen atoms in total. The molecule has 2 atom stereocenters. The Morgan fingerprint density at radius 2 is 1.89 bits per heavy atom. The van der Waals surface area contributed by atoms with Crippen molar-refractivity contribution in [3.05, 3.63) is 34.9 Å². The Bertz CT molecular complexity index is 468. The third-order valence-corrected chi connectivity index (χ3v) is 2.56. The smallest absolute Gasteiger partial charge is 0.338 e. The van der Waals surface area contributed by atoms with Gasteiger partial charge in [0, 0.05) is 0 Å². The van der Waals surface area contributed by atoms with Gasteiger partial charge >= 0.3 is 11.9 Å². The van der Waals surface area contributed by atoms with E-state index in [2.05, 4.69) is 4.74 Å². The maximum Gasteiger partial charge on any atom is 0.338 e. The van der Waals surface area contributed by atoms with Crippen LogP contribution in [0, 0.1) is 6.92 Å². The van der Waals surface area contributed by atoms with Crippen molar-refractivity contribution in [1.82, 2.24) is 0 Å². The molecule has 0 radical (unpaired) electrons. The maximum absolute atomic E-state index is 11.4. The predicted molar refractivity (Wildman–Crippen MR) is 61.1 cm³/mol. The number of carboxylic acids is 1. The van der Waals surface area contributed by atoms with Crippen molar-refractivity contribution in [2.45, 2.75) is 19.1 Å². The van der Waals surface area contributed by atoms with E-state index in [1.54, 1.807) is 13.0 Å². The summed E-state index contributed by atoms with van der Waals surface area (Å²) in [6, 6.07) is 4.29. The molecule has 0 heterocycles. The summed E-state index contributed by atoms with van der Waals surface area (Å²) in [5.41, 5.74) is 0.977. The third kappa shape index (κ3) is 2.85. The minimum absolute atomic E-state index is 0.135. The van der Waals surface area contributed by atoms with Crippen molar-refractivity contribution in [3.8, 4) is 0 Å². The number of aliphatic hydroxyl groups is 2. The van der Waals surface area contributed by atoms with E-state index in [-0.39, 0.29) is 11.1 Å². The van der Waals surface area contributed by atoms with Gasteiger partial charge in [-0.15, -0.1) is 0 Å². The van der Waals surface area contributed by atoms with E-state index in [1.165, 1.54) is 19.2 Å². The van der Waals surface area contributed by atoms with E-state index in [4.69, 9.17) is 5.11 Å². The molecule has 1 aromatic rings. The highest BCUT2D eigenvalue weighted by molar-refractivity contribution is 5.91. The molecule has 1 aromatic carbocycles. The summed E-state index contributed by atoms with van der Waals surface area (Å²) in [5.74, 6) is -2.13. The van der Waals surface area contributed by atoms with Crippen LogP contribution in [-0.2, 0) is 9.53 Å². The monoisotopic (exact) mass is 254 g/mol. The summed E-state index contributed by atoms with van der Waals surface area (Å²) < 4.78 is 4.56. The van der Waals surface area contributed by atoms with E-state index in [0.717, 1.165) is 0 Å². The molecule has 0 aliphatic heterocycles. The average Bonchev–Trinajstić information content (AvgIpc) is 2.36. The number of methoxy groups -OCH3 is 1. The summed E-state index contributed by atoms with van der Waals surface area (Å²) >= 11 is 0. The standard InChI is InChI=1S/C12H14O6/c1-6-3-4-7(5-8(6)12(17)18-2)9(13)10(14)11(15)16/h3-5,9-10,13-14H,1-2H3,(H,15,16). The van der Waals surface area contributed by atoms with Crippen LogP contribution < -0.4 is 0 Å². The second-order valence-electron chi connectivity index (χ2n) is 3.79. The molecule has 6 heteroatoms. The number of ether oxygens (including phenoxy) is 1. The van der Waals surface area contributed by atoms with Crippen molar-refractivity contribution >= 4 is 11.9 Å². The van der Waals surface area contributed by atoms with Gasteiger partial charge in [-0.2, -0.15) is 0 Å². The van der Waals surface area contributed by atoms with Crippen LogP contribution in [0.3, 0.4) is 0 Å². The number of hydrogen-bond acceptors (Lipinski definition) is 5. The van der Waals surface area contributed by atoms with Gasteiger partial charge in [-0.3, -0.25) is 0 Å². The van der Waals surface area contributed by atoms with Gasteiger partial charge in [0.2, 0.25) is 0 Å². The number of aliphatic hydroxyl groups excluding tert-OH is 2. The minimum atomic E-state index is -1.95. The molecule has 2 unspecified atom stereocenters. The number of carbonyl (C=O) groups is 2. The normalized spacial score (nSPS) is 13.8. The molecule has 0 spiro atoms. The van der Waals surface area contributed by atoms with Crippen molar-refractivity contribution < 1.29 is 29.6 Å². The summed E-state index contributed by atoms with van der Waals surface area (Å²) in [5, 5.41) is 27.5.